The Labute approximate surface area is 294 Å². The van der Waals surface area contributed by atoms with Gasteiger partial charge >= 0.3 is 0 Å². The molecule has 9 heterocycles. The van der Waals surface area contributed by atoms with Crippen molar-refractivity contribution in [3.8, 4) is 39.6 Å². The van der Waals surface area contributed by atoms with Gasteiger partial charge < -0.3 is 4.98 Å². The van der Waals surface area contributed by atoms with Crippen LogP contribution in [0.15, 0.2) is 128 Å². The molecule has 0 spiro atoms. The van der Waals surface area contributed by atoms with Crippen LogP contribution in [0.4, 0.5) is 0 Å². The number of nitrogens with one attached hydrogen (secondary N) is 1. The van der Waals surface area contributed by atoms with Crippen LogP contribution in [0.25, 0.3) is 86.0 Å². The van der Waals surface area contributed by atoms with Crippen molar-refractivity contribution in [2.45, 2.75) is 0 Å². The first-order valence-electron chi connectivity index (χ1n) is 15.6. The summed E-state index contributed by atoms with van der Waals surface area (Å²) in [7, 11) is 0. The van der Waals surface area contributed by atoms with Gasteiger partial charge in [0.25, 0.3) is 0 Å². The molecule has 0 aliphatic carbocycles. The molecule has 9 heteroatoms. The predicted octanol–water partition coefficient (Wildman–Crippen LogP) is 8.70. The largest absolute Gasteiger partial charge is 0.355 e. The minimum absolute atomic E-state index is 0. The topological polar surface area (TPSA) is 98.1 Å². The molecule has 0 aromatic carbocycles. The van der Waals surface area contributed by atoms with Crippen molar-refractivity contribution < 1.29 is 19.5 Å². The van der Waals surface area contributed by atoms with Gasteiger partial charge in [-0.2, -0.15) is 0 Å². The van der Waals surface area contributed by atoms with Crippen molar-refractivity contribution in [3.63, 3.8) is 0 Å². The van der Waals surface area contributed by atoms with Gasteiger partial charge in [0.05, 0.1) is 56.5 Å². The van der Waals surface area contributed by atoms with Crippen molar-refractivity contribution in [2.75, 3.05) is 0 Å². The first kappa shape index (κ1) is 30.2. The average Bonchev–Trinajstić information content (AvgIpc) is 3.95. The molecule has 8 nitrogen and oxygen atoms in total. The number of hydrogen-bond donors (Lipinski definition) is 1. The van der Waals surface area contributed by atoms with Gasteiger partial charge in [-0.3, -0.25) is 19.5 Å². The molecule has 0 radical (unpaired) electrons. The summed E-state index contributed by atoms with van der Waals surface area (Å²) in [5.41, 5.74) is 11.8. The summed E-state index contributed by atoms with van der Waals surface area (Å²) in [6.07, 6.45) is 15.4. The predicted molar refractivity (Wildman–Crippen MR) is 191 cm³/mol. The van der Waals surface area contributed by atoms with Crippen LogP contribution in [0.3, 0.4) is 0 Å². The van der Waals surface area contributed by atoms with E-state index < -0.39 is 0 Å². The van der Waals surface area contributed by atoms with E-state index in [2.05, 4.69) is 21.7 Å². The van der Waals surface area contributed by atoms with Crippen molar-refractivity contribution in [1.29, 1.82) is 0 Å². The van der Waals surface area contributed by atoms with Crippen LogP contribution in [0.2, 0.25) is 0 Å². The normalized spacial score (nSPS) is 11.8. The van der Waals surface area contributed by atoms with Crippen LogP contribution >= 0.6 is 0 Å². The fourth-order valence-electron chi connectivity index (χ4n) is 6.31. The summed E-state index contributed by atoms with van der Waals surface area (Å²) >= 11 is 0. The Hall–Kier alpha value is -6.18. The standard InChI is InChI=1S/C40H26N8.Ru/c1-5-19-41-31(9-1)37-34-18-17-29(47-34)24-28-14-13-26(45-28)23-27-15-16-30(46-27)25-35-38(32-10-2-6-20-42-32)39(33-11-3-7-21-43-33)40(37)48(35)36-12-4-8-22-44-36;/h1-25,45H;. The zero-order chi connectivity index (χ0) is 31.9. The van der Waals surface area contributed by atoms with E-state index in [4.69, 9.17) is 29.9 Å². The zero-order valence-electron chi connectivity index (χ0n) is 25.9. The van der Waals surface area contributed by atoms with E-state index in [1.54, 1.807) is 0 Å². The van der Waals surface area contributed by atoms with Crippen LogP contribution in [-0.2, 0) is 19.5 Å². The molecule has 2 aliphatic rings. The second-order valence-corrected chi connectivity index (χ2v) is 11.4. The van der Waals surface area contributed by atoms with E-state index >= 15 is 0 Å². The molecule has 0 amide bonds. The number of hydrogen-bond acceptors (Lipinski definition) is 6. The van der Waals surface area contributed by atoms with Gasteiger partial charge in [0.15, 0.2) is 0 Å². The molecule has 9 rings (SSSR count). The van der Waals surface area contributed by atoms with Gasteiger partial charge in [-0.1, -0.05) is 24.3 Å². The molecule has 7 aromatic heterocycles. The van der Waals surface area contributed by atoms with Gasteiger partial charge in [0.2, 0.25) is 0 Å². The smallest absolute Gasteiger partial charge is 0.137 e. The van der Waals surface area contributed by atoms with E-state index in [-0.39, 0.29) is 19.5 Å². The second-order valence-electron chi connectivity index (χ2n) is 11.4. The number of nitrogens with zero attached hydrogens (tertiary/aromatic N) is 7. The molecule has 8 bridgehead atoms. The monoisotopic (exact) mass is 720 g/mol. The van der Waals surface area contributed by atoms with Crippen LogP contribution in [0.5, 0.6) is 0 Å². The molecular formula is C40H26N8Ru. The minimum atomic E-state index is 0. The molecule has 0 saturated carbocycles. The van der Waals surface area contributed by atoms with Crippen LogP contribution < -0.4 is 0 Å². The Bertz CT molecular complexity index is 2540. The van der Waals surface area contributed by atoms with Crippen LogP contribution in [-0.4, -0.2) is 39.5 Å². The van der Waals surface area contributed by atoms with E-state index in [9.17, 15) is 0 Å². The maximum atomic E-state index is 5.19. The molecule has 2 aliphatic heterocycles. The molecule has 0 atom stereocenters. The molecule has 1 N–H and O–H groups in total. The second kappa shape index (κ2) is 12.8. The van der Waals surface area contributed by atoms with Crippen LogP contribution in [0.1, 0.15) is 22.8 Å². The van der Waals surface area contributed by atoms with Gasteiger partial charge in [-0.05, 0) is 103 Å². The van der Waals surface area contributed by atoms with Crippen LogP contribution in [0, 0.1) is 0 Å². The van der Waals surface area contributed by atoms with E-state index in [0.717, 1.165) is 84.4 Å². The fraction of sp³-hybridized carbons (Fsp3) is 0. The molecule has 49 heavy (non-hydrogen) atoms. The number of aromatic amines is 1. The number of pyridine rings is 4. The SMILES string of the molecule is C1=Cc2cc3c(-c4ccccn4)c(-c4ccccn4)c(c(-c4ccccn4)c4nc(cc5ccc(cc1n2)[nH]5)C=C4)n3-c1ccccn1.[Ru]. The van der Waals surface area contributed by atoms with Crippen molar-refractivity contribution >= 4 is 46.4 Å². The summed E-state index contributed by atoms with van der Waals surface area (Å²) in [5.74, 6) is 0.724. The Morgan fingerprint density at radius 1 is 0.469 bits per heavy atom. The van der Waals surface area contributed by atoms with Crippen molar-refractivity contribution in [3.05, 3.63) is 151 Å². The fourth-order valence-corrected chi connectivity index (χ4v) is 6.31. The van der Waals surface area contributed by atoms with Gasteiger partial charge in [-0.15, -0.1) is 0 Å². The first-order chi connectivity index (χ1) is 23.8. The maximum Gasteiger partial charge on any atom is 0.137 e. The number of aromatic nitrogens is 8. The zero-order valence-corrected chi connectivity index (χ0v) is 27.7. The average molecular weight is 720 g/mol. The Balaban J connectivity index is 0.00000348. The summed E-state index contributed by atoms with van der Waals surface area (Å²) in [5, 5.41) is 0. The number of fused-ring (bicyclic) bond motifs is 8. The van der Waals surface area contributed by atoms with Crippen molar-refractivity contribution in [1.82, 2.24) is 39.5 Å². The minimum Gasteiger partial charge on any atom is -0.355 e. The molecule has 0 unspecified atom stereocenters. The van der Waals surface area contributed by atoms with Crippen molar-refractivity contribution in [2.24, 2.45) is 0 Å². The van der Waals surface area contributed by atoms with Gasteiger partial charge in [-0.25, -0.2) is 15.0 Å². The number of H-pyrrole nitrogens is 1. The molecular weight excluding hydrogens is 694 g/mol. The third kappa shape index (κ3) is 5.60. The van der Waals surface area contributed by atoms with E-state index in [1.165, 1.54) is 0 Å². The maximum absolute atomic E-state index is 5.19. The molecule has 234 valence electrons. The summed E-state index contributed by atoms with van der Waals surface area (Å²) in [6, 6.07) is 34.1. The third-order valence-corrected chi connectivity index (χ3v) is 8.31. The summed E-state index contributed by atoms with van der Waals surface area (Å²) < 4.78 is 2.18. The van der Waals surface area contributed by atoms with Gasteiger partial charge in [0.1, 0.15) is 5.82 Å². The molecule has 7 aromatic rings. The number of rotatable bonds is 4. The van der Waals surface area contributed by atoms with E-state index in [0.29, 0.717) is 0 Å². The Morgan fingerprint density at radius 2 is 1.00 bits per heavy atom. The first-order valence-corrected chi connectivity index (χ1v) is 15.6. The molecule has 0 fully saturated rings. The van der Waals surface area contributed by atoms with E-state index in [1.807, 2.05) is 140 Å². The third-order valence-electron chi connectivity index (χ3n) is 8.31. The summed E-state index contributed by atoms with van der Waals surface area (Å²) in [6.45, 7) is 0. The molecule has 0 saturated heterocycles. The van der Waals surface area contributed by atoms with Gasteiger partial charge in [0, 0.05) is 66.4 Å². The quantitative estimate of drug-likeness (QED) is 0.183. The Morgan fingerprint density at radius 3 is 1.59 bits per heavy atom. The summed E-state index contributed by atoms with van der Waals surface area (Å²) in [4.78, 5) is 33.3. The Kier molecular flexibility index (Phi) is 7.88.